The Labute approximate surface area is 425 Å². The monoisotopic (exact) mass is 1020 g/mol. The van der Waals surface area contributed by atoms with Gasteiger partial charge in [-0.25, -0.2) is 15.0 Å². The van der Waals surface area contributed by atoms with E-state index < -0.39 is 0 Å². The number of rotatable bonds is 16. The van der Waals surface area contributed by atoms with Gasteiger partial charge >= 0.3 is 0 Å². The zero-order valence-corrected chi connectivity index (χ0v) is 44.9. The molecule has 0 aromatic carbocycles. The summed E-state index contributed by atoms with van der Waals surface area (Å²) in [5.74, 6) is 0.618. The molecule has 3 aliphatic heterocycles. The molecule has 0 spiro atoms. The summed E-state index contributed by atoms with van der Waals surface area (Å²) in [5.41, 5.74) is 8.22. The Balaban J connectivity index is 0.000000401. The van der Waals surface area contributed by atoms with Gasteiger partial charge < -0.3 is 51.8 Å². The lowest BCUT2D eigenvalue weighted by atomic mass is 10.1. The van der Waals surface area contributed by atoms with Crippen molar-refractivity contribution in [3.05, 3.63) is 122 Å². The second-order valence-electron chi connectivity index (χ2n) is 15.2. The fourth-order valence-corrected chi connectivity index (χ4v) is 6.92. The standard InChI is InChI=1S/2C8H11NO.2C7H14O2.C6H9NO.C5H7NO2.2C5H7NOS/c1-7-3-4-8(6-10-2)9-5-7;1-7-4-3-5-9-8(7)6-10-2;2*1-8-6-7-4-2-3-5-9-7;1-8-5-6-3-2-4-7-6;1-7-4-5-6-2-3-8-5;1-7-2-5-3-8-4-6-5;1-7-4-5-6-2-3-8-5/h2*3-5H,6H2,1-2H3;2*7H,2-6H2,1H3;3-4H,2,5H2,1H3;2-3H,4H2,1H3;3-4H,2H2,1H3;2-3H,4H2,1H3/t;;2*7-;;;;/m..10..../s1. The van der Waals surface area contributed by atoms with E-state index in [4.69, 9.17) is 51.8 Å². The third kappa shape index (κ3) is 35.0. The summed E-state index contributed by atoms with van der Waals surface area (Å²) in [6.45, 7) is 11.0. The molecule has 0 unspecified atom stereocenters. The Morgan fingerprint density at radius 1 is 0.614 bits per heavy atom. The van der Waals surface area contributed by atoms with Crippen LogP contribution in [-0.4, -0.2) is 133 Å². The van der Waals surface area contributed by atoms with Gasteiger partial charge in [0.25, 0.3) is 0 Å². The van der Waals surface area contributed by atoms with Crippen LogP contribution < -0.4 is 0 Å². The molecule has 0 amide bonds. The van der Waals surface area contributed by atoms with Gasteiger partial charge in [0.15, 0.2) is 0 Å². The lowest BCUT2D eigenvalue weighted by Gasteiger charge is -2.21. The Bertz CT molecular complexity index is 1780. The average Bonchev–Trinajstić information content (AvgIpc) is 4.26. The molecular formula is C51H80N6O11S2. The molecule has 5 aromatic heterocycles. The van der Waals surface area contributed by atoms with Crippen LogP contribution in [0.4, 0.5) is 0 Å². The molecule has 8 rings (SSSR count). The lowest BCUT2D eigenvalue weighted by Crippen LogP contribution is -2.23. The van der Waals surface area contributed by atoms with Gasteiger partial charge in [-0.3, -0.25) is 15.0 Å². The van der Waals surface area contributed by atoms with Gasteiger partial charge in [-0.1, -0.05) is 18.2 Å². The molecule has 5 aromatic rings. The Morgan fingerprint density at radius 3 is 1.73 bits per heavy atom. The second-order valence-corrected chi connectivity index (χ2v) is 16.9. The SMILES string of the molecule is COCC1=CCC=N1.COC[C@@H]1CCCCO1.COC[C@H]1CCCCO1.COCc1ccc(C)cn1.COCc1cscn1.COCc1ncccc1C.COCc1ncco1.COCc1nccs1. The van der Waals surface area contributed by atoms with Crippen molar-refractivity contribution in [1.29, 1.82) is 0 Å². The van der Waals surface area contributed by atoms with E-state index in [1.807, 2.05) is 61.3 Å². The zero-order chi connectivity index (χ0) is 51.1. The number of methoxy groups -OCH3 is 8. The number of nitrogens with zero attached hydrogens (tertiary/aromatic N) is 6. The molecule has 19 heteroatoms. The van der Waals surface area contributed by atoms with E-state index in [1.165, 1.54) is 55.9 Å². The van der Waals surface area contributed by atoms with Crippen molar-refractivity contribution in [2.24, 2.45) is 4.99 Å². The minimum Gasteiger partial charge on any atom is -0.446 e. The molecule has 0 N–H and O–H groups in total. The van der Waals surface area contributed by atoms with Gasteiger partial charge in [-0.2, -0.15) is 0 Å². The van der Waals surface area contributed by atoms with Crippen LogP contribution in [-0.2, 0) is 80.4 Å². The third-order valence-corrected chi connectivity index (χ3v) is 10.6. The highest BCUT2D eigenvalue weighted by Gasteiger charge is 2.13. The molecule has 2 saturated heterocycles. The van der Waals surface area contributed by atoms with Gasteiger partial charge in [0.1, 0.15) is 17.9 Å². The topological polar surface area (TPSA) is 182 Å². The summed E-state index contributed by atoms with van der Waals surface area (Å²) < 4.78 is 54.6. The van der Waals surface area contributed by atoms with Crippen LogP contribution >= 0.6 is 22.7 Å². The van der Waals surface area contributed by atoms with Crippen LogP contribution in [0.5, 0.6) is 0 Å². The largest absolute Gasteiger partial charge is 0.446 e. The number of aryl methyl sites for hydroxylation is 2. The minimum absolute atomic E-state index is 0.378. The number of hydrogen-bond acceptors (Lipinski definition) is 19. The van der Waals surface area contributed by atoms with E-state index in [2.05, 4.69) is 36.0 Å². The molecule has 2 atom stereocenters. The maximum atomic E-state index is 5.39. The molecule has 0 aliphatic carbocycles. The first kappa shape index (κ1) is 63.8. The molecule has 17 nitrogen and oxygen atoms in total. The number of allylic oxidation sites excluding steroid dienone is 1. The number of aliphatic imine (C=N–C) groups is 1. The summed E-state index contributed by atoms with van der Waals surface area (Å²) in [5, 5.41) is 4.95. The Morgan fingerprint density at radius 2 is 1.27 bits per heavy atom. The van der Waals surface area contributed by atoms with Crippen molar-refractivity contribution in [3.63, 3.8) is 0 Å². The van der Waals surface area contributed by atoms with Gasteiger partial charge in [0, 0.05) is 112 Å². The van der Waals surface area contributed by atoms with Crippen molar-refractivity contribution < 1.29 is 51.8 Å². The van der Waals surface area contributed by atoms with E-state index >= 15 is 0 Å². The van der Waals surface area contributed by atoms with E-state index in [0.29, 0.717) is 57.7 Å². The number of hydrogen-bond donors (Lipinski definition) is 0. The van der Waals surface area contributed by atoms with Crippen LogP contribution in [0.1, 0.15) is 84.1 Å². The van der Waals surface area contributed by atoms with Crippen molar-refractivity contribution in [2.45, 2.75) is 104 Å². The summed E-state index contributed by atoms with van der Waals surface area (Å²) >= 11 is 3.20. The molecule has 0 bridgehead atoms. The lowest BCUT2D eigenvalue weighted by molar-refractivity contribution is -0.0290. The van der Waals surface area contributed by atoms with Crippen LogP contribution in [0.15, 0.2) is 92.8 Å². The van der Waals surface area contributed by atoms with E-state index in [9.17, 15) is 0 Å². The Hall–Kier alpha value is -4.22. The van der Waals surface area contributed by atoms with E-state index in [1.54, 1.807) is 104 Å². The van der Waals surface area contributed by atoms with Gasteiger partial charge in [-0.05, 0) is 75.6 Å². The van der Waals surface area contributed by atoms with Crippen LogP contribution in [0.25, 0.3) is 0 Å². The minimum atomic E-state index is 0.378. The van der Waals surface area contributed by atoms with Crippen LogP contribution in [0, 0.1) is 13.8 Å². The van der Waals surface area contributed by atoms with Crippen molar-refractivity contribution in [3.8, 4) is 0 Å². The number of pyridine rings is 2. The predicted molar refractivity (Wildman–Crippen MR) is 276 cm³/mol. The number of ether oxygens (including phenoxy) is 10. The maximum Gasteiger partial charge on any atom is 0.219 e. The highest BCUT2D eigenvalue weighted by molar-refractivity contribution is 7.09. The molecule has 0 saturated carbocycles. The van der Waals surface area contributed by atoms with E-state index in [-0.39, 0.29) is 0 Å². The maximum absolute atomic E-state index is 5.39. The van der Waals surface area contributed by atoms with Crippen LogP contribution in [0.3, 0.4) is 0 Å². The fraction of sp³-hybridized carbons (Fsp3) is 0.569. The van der Waals surface area contributed by atoms with Gasteiger partial charge in [0.2, 0.25) is 5.89 Å². The van der Waals surface area contributed by atoms with Crippen molar-refractivity contribution in [2.75, 3.05) is 89.9 Å². The molecule has 8 heterocycles. The molecule has 3 aliphatic rings. The normalized spacial score (nSPS) is 15.3. The van der Waals surface area contributed by atoms with Crippen LogP contribution in [0.2, 0.25) is 0 Å². The molecule has 392 valence electrons. The third-order valence-electron chi connectivity index (χ3n) is 9.20. The zero-order valence-electron chi connectivity index (χ0n) is 43.2. The number of thiazole rings is 2. The van der Waals surface area contributed by atoms with Gasteiger partial charge in [-0.15, -0.1) is 22.7 Å². The van der Waals surface area contributed by atoms with E-state index in [0.717, 1.165) is 60.6 Å². The summed E-state index contributed by atoms with van der Waals surface area (Å²) in [6.07, 6.45) is 21.6. The smallest absolute Gasteiger partial charge is 0.219 e. The van der Waals surface area contributed by atoms with Gasteiger partial charge in [0.05, 0.1) is 92.9 Å². The fourth-order valence-electron chi connectivity index (χ4n) is 5.80. The summed E-state index contributed by atoms with van der Waals surface area (Å²) in [4.78, 5) is 24.1. The first-order valence-corrected chi connectivity index (χ1v) is 24.9. The molecule has 2 fully saturated rings. The number of aromatic nitrogens is 5. The summed E-state index contributed by atoms with van der Waals surface area (Å²) in [6, 6.07) is 7.95. The quantitative estimate of drug-likeness (QED) is 0.0909. The highest BCUT2D eigenvalue weighted by Crippen LogP contribution is 2.13. The molecule has 70 heavy (non-hydrogen) atoms. The first-order chi connectivity index (χ1) is 34.3. The second kappa shape index (κ2) is 45.9. The molecular weight excluding hydrogens is 937 g/mol. The first-order valence-electron chi connectivity index (χ1n) is 23.1. The number of oxazole rings is 1. The van der Waals surface area contributed by atoms with Crippen molar-refractivity contribution >= 4 is 28.9 Å². The summed E-state index contributed by atoms with van der Waals surface area (Å²) in [7, 11) is 13.4. The highest BCUT2D eigenvalue weighted by atomic mass is 32.1. The van der Waals surface area contributed by atoms with Crippen molar-refractivity contribution in [1.82, 2.24) is 24.9 Å². The predicted octanol–water partition coefficient (Wildman–Crippen LogP) is 9.87. The average molecular weight is 1020 g/mol. The molecule has 0 radical (unpaired) electrons. The Kier molecular flexibility index (Phi) is 41.8.